The number of benzene rings is 4. The number of hydrogen-bond donors (Lipinski definition) is 1. The zero-order valence-electron chi connectivity index (χ0n) is 21.0. The molecule has 0 fully saturated rings. The number of para-hydroxylation sites is 1. The number of aromatic nitrogens is 1. The number of carboxylic acids is 1. The lowest BCUT2D eigenvalue weighted by Gasteiger charge is -2.13. The summed E-state index contributed by atoms with van der Waals surface area (Å²) in [4.78, 5) is 11.3. The molecule has 5 rings (SSSR count). The van der Waals surface area contributed by atoms with Crippen LogP contribution in [0, 0.1) is 0 Å². The van der Waals surface area contributed by atoms with Crippen LogP contribution >= 0.6 is 0 Å². The van der Waals surface area contributed by atoms with E-state index in [0.717, 1.165) is 24.3 Å². The Hall–Kier alpha value is -4.09. The van der Waals surface area contributed by atoms with Gasteiger partial charge in [0.1, 0.15) is 5.75 Å². The van der Waals surface area contributed by atoms with Crippen molar-refractivity contribution in [3.63, 3.8) is 0 Å². The highest BCUT2D eigenvalue weighted by atomic mass is 16.5. The first-order valence-electron chi connectivity index (χ1n) is 12.8. The Morgan fingerprint density at radius 2 is 1.57 bits per heavy atom. The summed E-state index contributed by atoms with van der Waals surface area (Å²) in [5.41, 5.74) is 5.81. The molecule has 5 heteroatoms. The van der Waals surface area contributed by atoms with Crippen LogP contribution in [0.2, 0.25) is 0 Å². The minimum atomic E-state index is -0.941. The van der Waals surface area contributed by atoms with E-state index in [2.05, 4.69) is 71.3 Å². The Bertz CT molecular complexity index is 1490. The third kappa shape index (κ3) is 5.52. The zero-order valence-corrected chi connectivity index (χ0v) is 21.0. The third-order valence-electron chi connectivity index (χ3n) is 6.66. The van der Waals surface area contributed by atoms with Crippen LogP contribution in [0.3, 0.4) is 0 Å². The van der Waals surface area contributed by atoms with Crippen molar-refractivity contribution in [2.24, 2.45) is 0 Å². The van der Waals surface area contributed by atoms with Crippen LogP contribution in [-0.4, -0.2) is 35.0 Å². The molecule has 188 valence electrons. The minimum Gasteiger partial charge on any atom is -0.494 e. The molecule has 5 nitrogen and oxygen atoms in total. The average Bonchev–Trinajstić information content (AvgIpc) is 3.25. The van der Waals surface area contributed by atoms with Gasteiger partial charge in [0.25, 0.3) is 0 Å². The van der Waals surface area contributed by atoms with Crippen LogP contribution in [-0.2, 0) is 22.5 Å². The molecule has 0 saturated carbocycles. The second kappa shape index (κ2) is 11.3. The Balaban J connectivity index is 1.26. The van der Waals surface area contributed by atoms with Gasteiger partial charge in [0.15, 0.2) is 6.10 Å². The molecular formula is C32H31NO4. The summed E-state index contributed by atoms with van der Waals surface area (Å²) in [5.74, 6) is -0.162. The molecule has 0 aliphatic carbocycles. The quantitative estimate of drug-likeness (QED) is 0.202. The van der Waals surface area contributed by atoms with Crippen molar-refractivity contribution in [1.29, 1.82) is 0 Å². The van der Waals surface area contributed by atoms with E-state index in [1.165, 1.54) is 32.9 Å². The van der Waals surface area contributed by atoms with Crippen LogP contribution < -0.4 is 4.74 Å². The highest BCUT2D eigenvalue weighted by Crippen LogP contribution is 2.32. The van der Waals surface area contributed by atoms with Crippen molar-refractivity contribution in [1.82, 2.24) is 4.57 Å². The van der Waals surface area contributed by atoms with Gasteiger partial charge in [-0.05, 0) is 60.4 Å². The van der Waals surface area contributed by atoms with Crippen molar-refractivity contribution in [2.75, 3.05) is 13.2 Å². The highest BCUT2D eigenvalue weighted by molar-refractivity contribution is 6.09. The maximum absolute atomic E-state index is 11.3. The van der Waals surface area contributed by atoms with Crippen molar-refractivity contribution in [3.8, 4) is 16.9 Å². The molecular weight excluding hydrogens is 462 g/mol. The van der Waals surface area contributed by atoms with Crippen LogP contribution in [0.4, 0.5) is 0 Å². The summed E-state index contributed by atoms with van der Waals surface area (Å²) in [6.45, 7) is 3.61. The molecule has 0 saturated heterocycles. The summed E-state index contributed by atoms with van der Waals surface area (Å²) in [6, 6.07) is 33.4. The van der Waals surface area contributed by atoms with Gasteiger partial charge in [0, 0.05) is 41.4 Å². The third-order valence-corrected chi connectivity index (χ3v) is 6.66. The molecule has 1 aromatic heterocycles. The molecule has 4 aromatic carbocycles. The normalized spacial score (nSPS) is 12.1. The number of aryl methyl sites for hydroxylation is 1. The monoisotopic (exact) mass is 493 g/mol. The number of carbonyl (C=O) groups is 1. The van der Waals surface area contributed by atoms with Gasteiger partial charge in [-0.2, -0.15) is 0 Å². The predicted molar refractivity (Wildman–Crippen MR) is 148 cm³/mol. The maximum atomic E-state index is 11.3. The largest absolute Gasteiger partial charge is 0.494 e. The van der Waals surface area contributed by atoms with Crippen LogP contribution in [0.15, 0.2) is 97.1 Å². The Morgan fingerprint density at radius 1 is 0.838 bits per heavy atom. The lowest BCUT2D eigenvalue weighted by atomic mass is 10.0. The van der Waals surface area contributed by atoms with Gasteiger partial charge in [-0.1, -0.05) is 66.7 Å². The number of rotatable bonds is 11. The summed E-state index contributed by atoms with van der Waals surface area (Å²) >= 11 is 0. The van der Waals surface area contributed by atoms with E-state index in [0.29, 0.717) is 19.6 Å². The standard InChI is InChI=1S/C32H31NO4/c1-2-36-31(32(34)35)21-23-13-16-26(17-14-23)37-20-8-19-33-29-12-7-6-11-27(29)28-22-25(15-18-30(28)33)24-9-4-3-5-10-24/h3-7,9-18,22,31H,2,8,19-21H2,1H3,(H,34,35). The van der Waals surface area contributed by atoms with E-state index in [1.54, 1.807) is 6.92 Å². The van der Waals surface area contributed by atoms with Gasteiger partial charge < -0.3 is 19.1 Å². The Morgan fingerprint density at radius 3 is 2.32 bits per heavy atom. The summed E-state index contributed by atoms with van der Waals surface area (Å²) in [5, 5.41) is 11.8. The average molecular weight is 494 g/mol. The Labute approximate surface area is 216 Å². The van der Waals surface area contributed by atoms with Gasteiger partial charge in [0.2, 0.25) is 0 Å². The number of aliphatic carboxylic acids is 1. The molecule has 37 heavy (non-hydrogen) atoms. The second-order valence-electron chi connectivity index (χ2n) is 9.10. The molecule has 0 aliphatic rings. The van der Waals surface area contributed by atoms with E-state index in [1.807, 2.05) is 30.3 Å². The molecule has 0 aliphatic heterocycles. The van der Waals surface area contributed by atoms with Crippen molar-refractivity contribution in [2.45, 2.75) is 32.4 Å². The SMILES string of the molecule is CCOC(Cc1ccc(OCCCn2c3ccccc3c3cc(-c4ccccc4)ccc32)cc1)C(=O)O. The van der Waals surface area contributed by atoms with E-state index in [9.17, 15) is 9.90 Å². The first-order valence-corrected chi connectivity index (χ1v) is 12.8. The summed E-state index contributed by atoms with van der Waals surface area (Å²) < 4.78 is 13.7. The van der Waals surface area contributed by atoms with Crippen LogP contribution in [0.25, 0.3) is 32.9 Å². The fourth-order valence-electron chi connectivity index (χ4n) is 4.87. The number of hydrogen-bond acceptors (Lipinski definition) is 3. The van der Waals surface area contributed by atoms with E-state index in [-0.39, 0.29) is 0 Å². The molecule has 0 spiro atoms. The molecule has 0 bridgehead atoms. The first-order chi connectivity index (χ1) is 18.1. The number of nitrogens with zero attached hydrogens (tertiary/aromatic N) is 1. The van der Waals surface area contributed by atoms with Crippen molar-refractivity contribution in [3.05, 3.63) is 103 Å². The van der Waals surface area contributed by atoms with E-state index >= 15 is 0 Å². The van der Waals surface area contributed by atoms with Gasteiger partial charge in [-0.25, -0.2) is 4.79 Å². The smallest absolute Gasteiger partial charge is 0.333 e. The topological polar surface area (TPSA) is 60.7 Å². The van der Waals surface area contributed by atoms with Crippen LogP contribution in [0.1, 0.15) is 18.9 Å². The van der Waals surface area contributed by atoms with Gasteiger partial charge >= 0.3 is 5.97 Å². The molecule has 1 heterocycles. The van der Waals surface area contributed by atoms with Gasteiger partial charge in [-0.3, -0.25) is 0 Å². The number of fused-ring (bicyclic) bond motifs is 3. The second-order valence-corrected chi connectivity index (χ2v) is 9.10. The lowest BCUT2D eigenvalue weighted by Crippen LogP contribution is -2.26. The maximum Gasteiger partial charge on any atom is 0.333 e. The van der Waals surface area contributed by atoms with Crippen LogP contribution in [0.5, 0.6) is 5.75 Å². The van der Waals surface area contributed by atoms with Crippen molar-refractivity contribution < 1.29 is 19.4 Å². The zero-order chi connectivity index (χ0) is 25.6. The number of carboxylic acid groups (broad SMARTS) is 1. The first kappa shape index (κ1) is 24.6. The highest BCUT2D eigenvalue weighted by Gasteiger charge is 2.18. The molecule has 0 radical (unpaired) electrons. The molecule has 1 N–H and O–H groups in total. The lowest BCUT2D eigenvalue weighted by molar-refractivity contribution is -0.149. The van der Waals surface area contributed by atoms with Crippen molar-refractivity contribution >= 4 is 27.8 Å². The fraction of sp³-hybridized carbons (Fsp3) is 0.219. The van der Waals surface area contributed by atoms with E-state index < -0.39 is 12.1 Å². The molecule has 5 aromatic rings. The van der Waals surface area contributed by atoms with E-state index in [4.69, 9.17) is 9.47 Å². The minimum absolute atomic E-state index is 0.337. The molecule has 1 atom stereocenters. The fourth-order valence-corrected chi connectivity index (χ4v) is 4.87. The summed E-state index contributed by atoms with van der Waals surface area (Å²) in [7, 11) is 0. The molecule has 0 amide bonds. The van der Waals surface area contributed by atoms with Gasteiger partial charge in [0.05, 0.1) is 6.61 Å². The Kier molecular flexibility index (Phi) is 7.52. The predicted octanol–water partition coefficient (Wildman–Crippen LogP) is 6.96. The van der Waals surface area contributed by atoms with Gasteiger partial charge in [-0.15, -0.1) is 0 Å². The number of ether oxygens (including phenoxy) is 2. The summed E-state index contributed by atoms with van der Waals surface area (Å²) in [6.07, 6.45) is 0.372. The molecule has 1 unspecified atom stereocenters.